The first-order chi connectivity index (χ1) is 11.0. The molecule has 0 bridgehead atoms. The minimum absolute atomic E-state index is 0.0370. The molecule has 0 saturated heterocycles. The van der Waals surface area contributed by atoms with Crippen LogP contribution in [0.4, 0.5) is 14.5 Å². The van der Waals surface area contributed by atoms with Gasteiger partial charge in [0.15, 0.2) is 11.6 Å². The minimum Gasteiger partial charge on any atom is -0.454 e. The van der Waals surface area contributed by atoms with Crippen LogP contribution in [0.25, 0.3) is 11.1 Å². The lowest BCUT2D eigenvalue weighted by atomic mass is 10.0. The van der Waals surface area contributed by atoms with Crippen LogP contribution in [0.5, 0.6) is 11.5 Å². The number of rotatable bonds is 3. The van der Waals surface area contributed by atoms with Crippen molar-refractivity contribution in [3.05, 3.63) is 77.9 Å². The van der Waals surface area contributed by atoms with Gasteiger partial charge in [-0.05, 0) is 42.8 Å². The molecular weight excluding hydrogens is 296 g/mol. The Morgan fingerprint density at radius 3 is 2.39 bits per heavy atom. The quantitative estimate of drug-likeness (QED) is 0.665. The van der Waals surface area contributed by atoms with Gasteiger partial charge in [-0.25, -0.2) is 8.78 Å². The first kappa shape index (κ1) is 15.0. The van der Waals surface area contributed by atoms with E-state index in [0.29, 0.717) is 11.4 Å². The second kappa shape index (κ2) is 6.08. The summed E-state index contributed by atoms with van der Waals surface area (Å²) in [4.78, 5) is 0. The Hall–Kier alpha value is -2.88. The smallest absolute Gasteiger partial charge is 0.168 e. The molecule has 0 aliphatic heterocycles. The highest BCUT2D eigenvalue weighted by molar-refractivity contribution is 5.74. The van der Waals surface area contributed by atoms with E-state index in [9.17, 15) is 8.78 Å². The van der Waals surface area contributed by atoms with Crippen molar-refractivity contribution in [2.75, 3.05) is 5.73 Å². The Bertz CT molecular complexity index is 862. The highest BCUT2D eigenvalue weighted by Gasteiger charge is 2.12. The van der Waals surface area contributed by atoms with Gasteiger partial charge in [-0.3, -0.25) is 0 Å². The molecule has 0 atom stereocenters. The SMILES string of the molecule is Cc1cccc(-c2cc(N)ccc2Oc2ccc(F)cc2F)c1. The third-order valence-corrected chi connectivity index (χ3v) is 3.45. The molecule has 2 N–H and O–H groups in total. The van der Waals surface area contributed by atoms with Crippen molar-refractivity contribution >= 4 is 5.69 Å². The summed E-state index contributed by atoms with van der Waals surface area (Å²) < 4.78 is 32.5. The molecule has 0 aromatic heterocycles. The summed E-state index contributed by atoms with van der Waals surface area (Å²) in [5.41, 5.74) is 9.19. The minimum atomic E-state index is -0.753. The summed E-state index contributed by atoms with van der Waals surface area (Å²) in [6.07, 6.45) is 0. The molecular formula is C19H15F2NO. The molecule has 3 aromatic rings. The average molecular weight is 311 g/mol. The molecule has 0 unspecified atom stereocenters. The van der Waals surface area contributed by atoms with Gasteiger partial charge in [-0.2, -0.15) is 0 Å². The Kier molecular flexibility index (Phi) is 3.98. The molecule has 0 radical (unpaired) electrons. The molecule has 3 rings (SSSR count). The Balaban J connectivity index is 2.06. The van der Waals surface area contributed by atoms with E-state index in [1.165, 1.54) is 6.07 Å². The number of nitrogens with two attached hydrogens (primary N) is 1. The maximum atomic E-state index is 13.8. The fraction of sp³-hybridized carbons (Fsp3) is 0.0526. The van der Waals surface area contributed by atoms with Gasteiger partial charge < -0.3 is 10.5 Å². The zero-order valence-electron chi connectivity index (χ0n) is 12.5. The molecule has 2 nitrogen and oxygen atoms in total. The maximum Gasteiger partial charge on any atom is 0.168 e. The number of halogens is 2. The van der Waals surface area contributed by atoms with Crippen molar-refractivity contribution in [2.24, 2.45) is 0 Å². The third kappa shape index (κ3) is 3.31. The topological polar surface area (TPSA) is 35.2 Å². The van der Waals surface area contributed by atoms with Crippen LogP contribution in [-0.2, 0) is 0 Å². The number of ether oxygens (including phenoxy) is 1. The average Bonchev–Trinajstić information content (AvgIpc) is 2.51. The summed E-state index contributed by atoms with van der Waals surface area (Å²) in [7, 11) is 0. The van der Waals surface area contributed by atoms with Gasteiger partial charge >= 0.3 is 0 Å². The van der Waals surface area contributed by atoms with E-state index < -0.39 is 11.6 Å². The number of anilines is 1. The molecule has 23 heavy (non-hydrogen) atoms. The van der Waals surface area contributed by atoms with E-state index in [1.807, 2.05) is 31.2 Å². The first-order valence-corrected chi connectivity index (χ1v) is 7.12. The van der Waals surface area contributed by atoms with Crippen LogP contribution in [0, 0.1) is 18.6 Å². The summed E-state index contributed by atoms with van der Waals surface area (Å²) in [6.45, 7) is 1.98. The molecule has 0 amide bonds. The number of hydrogen-bond donors (Lipinski definition) is 1. The lowest BCUT2D eigenvalue weighted by molar-refractivity contribution is 0.439. The van der Waals surface area contributed by atoms with E-state index in [2.05, 4.69) is 0 Å². The van der Waals surface area contributed by atoms with Gasteiger partial charge in [-0.1, -0.05) is 29.8 Å². The van der Waals surface area contributed by atoms with Gasteiger partial charge in [0, 0.05) is 17.3 Å². The summed E-state index contributed by atoms with van der Waals surface area (Å²) in [6, 6.07) is 16.2. The van der Waals surface area contributed by atoms with Crippen molar-refractivity contribution in [3.63, 3.8) is 0 Å². The van der Waals surface area contributed by atoms with Gasteiger partial charge in [0.05, 0.1) is 0 Å². The number of benzene rings is 3. The molecule has 0 aliphatic carbocycles. The predicted octanol–water partition coefficient (Wildman–Crippen LogP) is 5.31. The Labute approximate surface area is 133 Å². The van der Waals surface area contributed by atoms with Gasteiger partial charge in [0.2, 0.25) is 0 Å². The monoisotopic (exact) mass is 311 g/mol. The van der Waals surface area contributed by atoms with Crippen LogP contribution in [0.2, 0.25) is 0 Å². The van der Waals surface area contributed by atoms with Crippen LogP contribution < -0.4 is 10.5 Å². The number of nitrogen functional groups attached to an aromatic ring is 1. The normalized spacial score (nSPS) is 10.6. The Morgan fingerprint density at radius 2 is 1.65 bits per heavy atom. The fourth-order valence-electron chi connectivity index (χ4n) is 2.35. The fourth-order valence-corrected chi connectivity index (χ4v) is 2.35. The molecule has 116 valence electrons. The molecule has 0 aliphatic rings. The van der Waals surface area contributed by atoms with Gasteiger partial charge in [0.1, 0.15) is 11.6 Å². The number of hydrogen-bond acceptors (Lipinski definition) is 2. The summed E-state index contributed by atoms with van der Waals surface area (Å²) in [5.74, 6) is -0.983. The van der Waals surface area contributed by atoms with Crippen LogP contribution in [0.1, 0.15) is 5.56 Å². The zero-order valence-corrected chi connectivity index (χ0v) is 12.5. The largest absolute Gasteiger partial charge is 0.454 e. The van der Waals surface area contributed by atoms with E-state index in [1.54, 1.807) is 18.2 Å². The van der Waals surface area contributed by atoms with Crippen molar-refractivity contribution < 1.29 is 13.5 Å². The second-order valence-electron chi connectivity index (χ2n) is 5.30. The van der Waals surface area contributed by atoms with Crippen LogP contribution in [0.15, 0.2) is 60.7 Å². The standard InChI is InChI=1S/C19H15F2NO/c1-12-3-2-4-13(9-12)16-11-15(22)6-8-18(16)23-19-7-5-14(20)10-17(19)21/h2-11H,22H2,1H3. The van der Waals surface area contributed by atoms with Crippen LogP contribution >= 0.6 is 0 Å². The van der Waals surface area contributed by atoms with Gasteiger partial charge in [0.25, 0.3) is 0 Å². The van der Waals surface area contributed by atoms with Crippen molar-refractivity contribution in [1.29, 1.82) is 0 Å². The van der Waals surface area contributed by atoms with E-state index >= 15 is 0 Å². The molecule has 0 fully saturated rings. The zero-order chi connectivity index (χ0) is 16.4. The molecule has 3 aromatic carbocycles. The molecule has 4 heteroatoms. The van der Waals surface area contributed by atoms with Crippen molar-refractivity contribution in [3.8, 4) is 22.6 Å². The summed E-state index contributed by atoms with van der Waals surface area (Å²) in [5, 5.41) is 0. The predicted molar refractivity (Wildman–Crippen MR) is 87.5 cm³/mol. The van der Waals surface area contributed by atoms with Crippen LogP contribution in [-0.4, -0.2) is 0 Å². The van der Waals surface area contributed by atoms with Gasteiger partial charge in [-0.15, -0.1) is 0 Å². The van der Waals surface area contributed by atoms with E-state index in [-0.39, 0.29) is 5.75 Å². The number of aryl methyl sites for hydroxylation is 1. The Morgan fingerprint density at radius 1 is 0.870 bits per heavy atom. The highest BCUT2D eigenvalue weighted by Crippen LogP contribution is 2.36. The first-order valence-electron chi connectivity index (χ1n) is 7.12. The van der Waals surface area contributed by atoms with E-state index in [0.717, 1.165) is 28.8 Å². The van der Waals surface area contributed by atoms with E-state index in [4.69, 9.17) is 10.5 Å². The highest BCUT2D eigenvalue weighted by atomic mass is 19.1. The lowest BCUT2D eigenvalue weighted by Crippen LogP contribution is -1.94. The summed E-state index contributed by atoms with van der Waals surface area (Å²) >= 11 is 0. The van der Waals surface area contributed by atoms with Crippen molar-refractivity contribution in [1.82, 2.24) is 0 Å². The third-order valence-electron chi connectivity index (χ3n) is 3.45. The lowest BCUT2D eigenvalue weighted by Gasteiger charge is -2.13. The molecule has 0 saturated carbocycles. The molecule has 0 heterocycles. The van der Waals surface area contributed by atoms with Crippen molar-refractivity contribution in [2.45, 2.75) is 6.92 Å². The van der Waals surface area contributed by atoms with Crippen LogP contribution in [0.3, 0.4) is 0 Å². The molecule has 0 spiro atoms. The maximum absolute atomic E-state index is 13.8. The second-order valence-corrected chi connectivity index (χ2v) is 5.30.